The molecule has 0 bridgehead atoms. The van der Waals surface area contributed by atoms with Gasteiger partial charge in [0.05, 0.1) is 6.61 Å². The van der Waals surface area contributed by atoms with Gasteiger partial charge in [0.25, 0.3) is 5.91 Å². The van der Waals surface area contributed by atoms with Crippen LogP contribution < -0.4 is 10.6 Å². The summed E-state index contributed by atoms with van der Waals surface area (Å²) >= 11 is 0. The van der Waals surface area contributed by atoms with Crippen molar-refractivity contribution in [3.63, 3.8) is 0 Å². The van der Waals surface area contributed by atoms with E-state index in [0.29, 0.717) is 30.2 Å². The molecule has 0 unspecified atom stereocenters. The quantitative estimate of drug-likeness (QED) is 0.473. The molecule has 0 spiro atoms. The molecule has 1 aliphatic carbocycles. The van der Waals surface area contributed by atoms with Gasteiger partial charge in [0.15, 0.2) is 0 Å². The minimum atomic E-state index is -0.00482. The Morgan fingerprint density at radius 2 is 1.91 bits per heavy atom. The van der Waals surface area contributed by atoms with E-state index in [1.165, 1.54) is 12.8 Å². The summed E-state index contributed by atoms with van der Waals surface area (Å²) in [5.74, 6) is 0.532. The first-order valence-corrected chi connectivity index (χ1v) is 11.7. The maximum absolute atomic E-state index is 12.5. The molecule has 1 saturated carbocycles. The van der Waals surface area contributed by atoms with Crippen LogP contribution in [-0.2, 0) is 11.3 Å². The average Bonchev–Trinajstić information content (AvgIpc) is 3.43. The van der Waals surface area contributed by atoms with Crippen molar-refractivity contribution in [2.24, 2.45) is 0 Å². The molecule has 1 aromatic carbocycles. The summed E-state index contributed by atoms with van der Waals surface area (Å²) in [7, 11) is 1.71. The van der Waals surface area contributed by atoms with Crippen molar-refractivity contribution in [2.75, 3.05) is 12.4 Å². The number of nitrogens with one attached hydrogen (secondary N) is 2. The van der Waals surface area contributed by atoms with Crippen LogP contribution >= 0.6 is 0 Å². The van der Waals surface area contributed by atoms with Crippen LogP contribution in [0.3, 0.4) is 0 Å². The van der Waals surface area contributed by atoms with Crippen molar-refractivity contribution in [3.8, 4) is 0 Å². The van der Waals surface area contributed by atoms with Gasteiger partial charge in [-0.2, -0.15) is 4.98 Å². The molecule has 3 aromatic rings. The molecule has 0 aliphatic heterocycles. The number of hydrogen-bond donors (Lipinski definition) is 2. The zero-order chi connectivity index (χ0) is 22.5. The van der Waals surface area contributed by atoms with Crippen LogP contribution in [0.2, 0.25) is 0 Å². The molecule has 2 heterocycles. The molecule has 1 fully saturated rings. The summed E-state index contributed by atoms with van der Waals surface area (Å²) in [6.07, 6.45) is 8.46. The molecule has 32 heavy (non-hydrogen) atoms. The molecule has 170 valence electrons. The second-order valence-electron chi connectivity index (χ2n) is 8.54. The number of methoxy groups -OCH3 is 1. The Labute approximate surface area is 189 Å². The summed E-state index contributed by atoms with van der Waals surface area (Å²) in [6, 6.07) is 10.3. The smallest absolute Gasteiger partial charge is 0.251 e. The number of carbonyl (C=O) groups excluding carboxylic acids is 1. The van der Waals surface area contributed by atoms with Crippen molar-refractivity contribution in [2.45, 2.75) is 71.1 Å². The van der Waals surface area contributed by atoms with Gasteiger partial charge in [-0.25, -0.2) is 4.98 Å². The van der Waals surface area contributed by atoms with Crippen molar-refractivity contribution >= 4 is 28.6 Å². The maximum atomic E-state index is 12.5. The Kier molecular flexibility index (Phi) is 7.05. The van der Waals surface area contributed by atoms with Crippen LogP contribution in [0.5, 0.6) is 0 Å². The normalized spacial score (nSPS) is 14.4. The Bertz CT molecular complexity index is 1050. The Morgan fingerprint density at radius 1 is 1.19 bits per heavy atom. The van der Waals surface area contributed by atoms with Crippen LogP contribution in [0.1, 0.15) is 74.5 Å². The highest BCUT2D eigenvalue weighted by molar-refractivity contribution is 5.94. The van der Waals surface area contributed by atoms with Gasteiger partial charge in [-0.05, 0) is 56.0 Å². The number of amides is 1. The first-order valence-electron chi connectivity index (χ1n) is 11.7. The van der Waals surface area contributed by atoms with Gasteiger partial charge in [0.2, 0.25) is 5.95 Å². The number of anilines is 2. The number of hydrogen-bond acceptors (Lipinski definition) is 5. The number of aromatic nitrogens is 3. The highest BCUT2D eigenvalue weighted by atomic mass is 16.5. The third-order valence-corrected chi connectivity index (χ3v) is 6.35. The topological polar surface area (TPSA) is 81.1 Å². The van der Waals surface area contributed by atoms with E-state index in [1.807, 2.05) is 30.5 Å². The monoisotopic (exact) mass is 435 g/mol. The predicted octanol–water partition coefficient (Wildman–Crippen LogP) is 5.35. The Morgan fingerprint density at radius 3 is 2.56 bits per heavy atom. The first kappa shape index (κ1) is 22.3. The van der Waals surface area contributed by atoms with E-state index in [2.05, 4.69) is 40.1 Å². The van der Waals surface area contributed by atoms with E-state index >= 15 is 0 Å². The van der Waals surface area contributed by atoms with Crippen LogP contribution in [0, 0.1) is 0 Å². The highest BCUT2D eigenvalue weighted by Gasteiger charge is 2.19. The largest absolute Gasteiger partial charge is 0.378 e. The van der Waals surface area contributed by atoms with Crippen molar-refractivity contribution in [1.82, 2.24) is 19.9 Å². The standard InChI is InChI=1S/C25H33N5O2/c1-4-21(5-2)30-22(16-32-3)14-18-15-26-25(29-23(18)30)28-20-12-10-17(11-13-20)24(31)27-19-8-6-7-9-19/h10-15,19,21H,4-9,16H2,1-3H3,(H,27,31)(H,26,28,29). The van der Waals surface area contributed by atoms with Crippen molar-refractivity contribution in [1.29, 1.82) is 0 Å². The fourth-order valence-corrected chi connectivity index (χ4v) is 4.62. The number of rotatable bonds is 9. The maximum Gasteiger partial charge on any atom is 0.251 e. The molecule has 7 nitrogen and oxygen atoms in total. The molecule has 2 N–H and O–H groups in total. The number of nitrogens with zero attached hydrogens (tertiary/aromatic N) is 3. The summed E-state index contributed by atoms with van der Waals surface area (Å²) in [5.41, 5.74) is 3.54. The predicted molar refractivity (Wildman–Crippen MR) is 127 cm³/mol. The summed E-state index contributed by atoms with van der Waals surface area (Å²) in [4.78, 5) is 21.8. The van der Waals surface area contributed by atoms with Crippen LogP contribution in [0.15, 0.2) is 36.5 Å². The first-order chi connectivity index (χ1) is 15.6. The fraction of sp³-hybridized carbons (Fsp3) is 0.480. The minimum Gasteiger partial charge on any atom is -0.378 e. The lowest BCUT2D eigenvalue weighted by atomic mass is 10.1. The van der Waals surface area contributed by atoms with Gasteiger partial charge in [-0.15, -0.1) is 0 Å². The minimum absolute atomic E-state index is 0.00482. The Hall–Kier alpha value is -2.93. The lowest BCUT2D eigenvalue weighted by Crippen LogP contribution is -2.32. The molecule has 4 rings (SSSR count). The van der Waals surface area contributed by atoms with E-state index in [0.717, 1.165) is 48.1 Å². The SMILES string of the molecule is CCC(CC)n1c(COC)cc2cnc(Nc3ccc(C(=O)NC4CCCC4)cc3)nc21. The molecule has 1 aliphatic rings. The number of ether oxygens (including phenoxy) is 1. The van der Waals surface area contributed by atoms with Crippen molar-refractivity contribution in [3.05, 3.63) is 47.8 Å². The van der Waals surface area contributed by atoms with E-state index in [1.54, 1.807) is 7.11 Å². The van der Waals surface area contributed by atoms with Crippen molar-refractivity contribution < 1.29 is 9.53 Å². The third kappa shape index (κ3) is 4.78. The third-order valence-electron chi connectivity index (χ3n) is 6.35. The lowest BCUT2D eigenvalue weighted by molar-refractivity contribution is 0.0938. The Balaban J connectivity index is 1.53. The highest BCUT2D eigenvalue weighted by Crippen LogP contribution is 2.28. The zero-order valence-corrected chi connectivity index (χ0v) is 19.2. The number of benzene rings is 1. The zero-order valence-electron chi connectivity index (χ0n) is 19.2. The molecule has 7 heteroatoms. The molecule has 1 amide bonds. The van der Waals surface area contributed by atoms with Gasteiger partial charge >= 0.3 is 0 Å². The fourth-order valence-electron chi connectivity index (χ4n) is 4.62. The second-order valence-corrected chi connectivity index (χ2v) is 8.54. The summed E-state index contributed by atoms with van der Waals surface area (Å²) in [6.45, 7) is 4.93. The van der Waals surface area contributed by atoms with Gasteiger partial charge in [0, 0.05) is 47.7 Å². The van der Waals surface area contributed by atoms with Crippen LogP contribution in [-0.4, -0.2) is 33.6 Å². The molecule has 0 saturated heterocycles. The molecule has 0 atom stereocenters. The average molecular weight is 436 g/mol. The van der Waals surface area contributed by atoms with E-state index in [-0.39, 0.29) is 5.91 Å². The number of carbonyl (C=O) groups is 1. The summed E-state index contributed by atoms with van der Waals surface area (Å²) < 4.78 is 7.70. The van der Waals surface area contributed by atoms with Crippen LogP contribution in [0.4, 0.5) is 11.6 Å². The molecule has 2 aromatic heterocycles. The van der Waals surface area contributed by atoms with Gasteiger partial charge in [-0.3, -0.25) is 4.79 Å². The summed E-state index contributed by atoms with van der Waals surface area (Å²) in [5, 5.41) is 7.42. The van der Waals surface area contributed by atoms with E-state index in [4.69, 9.17) is 9.72 Å². The number of fused-ring (bicyclic) bond motifs is 1. The van der Waals surface area contributed by atoms with E-state index in [9.17, 15) is 4.79 Å². The molecule has 0 radical (unpaired) electrons. The van der Waals surface area contributed by atoms with Gasteiger partial charge < -0.3 is 19.9 Å². The van der Waals surface area contributed by atoms with Crippen LogP contribution in [0.25, 0.3) is 11.0 Å². The molecular weight excluding hydrogens is 402 g/mol. The van der Waals surface area contributed by atoms with Gasteiger partial charge in [0.1, 0.15) is 5.65 Å². The molecular formula is C25H33N5O2. The van der Waals surface area contributed by atoms with E-state index < -0.39 is 0 Å². The second kappa shape index (κ2) is 10.1. The van der Waals surface area contributed by atoms with Gasteiger partial charge in [-0.1, -0.05) is 26.7 Å². The lowest BCUT2D eigenvalue weighted by Gasteiger charge is -2.19.